The lowest BCUT2D eigenvalue weighted by atomic mass is 10.0. The Kier molecular flexibility index (Phi) is 5.12. The highest BCUT2D eigenvalue weighted by Crippen LogP contribution is 2.27. The zero-order chi connectivity index (χ0) is 14.5. The van der Waals surface area contributed by atoms with Gasteiger partial charge in [0.05, 0.1) is 0 Å². The average Bonchev–Trinajstić information content (AvgIpc) is 2.44. The van der Waals surface area contributed by atoms with Crippen molar-refractivity contribution >= 4 is 11.6 Å². The van der Waals surface area contributed by atoms with Crippen molar-refractivity contribution in [3.63, 3.8) is 0 Å². The highest BCUT2D eigenvalue weighted by molar-refractivity contribution is 6.31. The standard InChI is InChI=1S/C16H18ClFN2/c1-20(11-12-6-2-5-9-15(12)18)16(10-19)13-7-3-4-8-14(13)17/h2-9,16H,10-11,19H2,1H3. The number of hydrogen-bond donors (Lipinski definition) is 1. The van der Waals surface area contributed by atoms with Gasteiger partial charge in [-0.15, -0.1) is 0 Å². The van der Waals surface area contributed by atoms with E-state index in [0.717, 1.165) is 5.56 Å². The van der Waals surface area contributed by atoms with Gasteiger partial charge in [0.15, 0.2) is 0 Å². The van der Waals surface area contributed by atoms with Crippen LogP contribution in [0.25, 0.3) is 0 Å². The zero-order valence-corrected chi connectivity index (χ0v) is 12.1. The molecular weight excluding hydrogens is 275 g/mol. The van der Waals surface area contributed by atoms with E-state index in [0.29, 0.717) is 23.7 Å². The third kappa shape index (κ3) is 3.37. The molecule has 0 spiro atoms. The third-order valence-electron chi connectivity index (χ3n) is 3.40. The maximum absolute atomic E-state index is 13.7. The summed E-state index contributed by atoms with van der Waals surface area (Å²) in [4.78, 5) is 2.01. The molecule has 1 unspecified atom stereocenters. The molecule has 106 valence electrons. The van der Waals surface area contributed by atoms with E-state index in [4.69, 9.17) is 17.3 Å². The van der Waals surface area contributed by atoms with E-state index in [9.17, 15) is 4.39 Å². The summed E-state index contributed by atoms with van der Waals surface area (Å²) in [5.41, 5.74) is 7.49. The molecule has 0 heterocycles. The molecule has 2 rings (SSSR count). The van der Waals surface area contributed by atoms with Gasteiger partial charge in [-0.2, -0.15) is 0 Å². The quantitative estimate of drug-likeness (QED) is 0.912. The molecule has 0 radical (unpaired) electrons. The highest BCUT2D eigenvalue weighted by atomic mass is 35.5. The fourth-order valence-electron chi connectivity index (χ4n) is 2.30. The highest BCUT2D eigenvalue weighted by Gasteiger charge is 2.18. The lowest BCUT2D eigenvalue weighted by Gasteiger charge is -2.28. The van der Waals surface area contributed by atoms with Crippen LogP contribution in [0.5, 0.6) is 0 Å². The van der Waals surface area contributed by atoms with Gasteiger partial charge in [-0.1, -0.05) is 48.0 Å². The normalized spacial score (nSPS) is 12.7. The zero-order valence-electron chi connectivity index (χ0n) is 11.4. The molecule has 0 aliphatic rings. The number of nitrogens with zero attached hydrogens (tertiary/aromatic N) is 1. The van der Waals surface area contributed by atoms with Crippen molar-refractivity contribution in [3.05, 3.63) is 70.5 Å². The first-order valence-electron chi connectivity index (χ1n) is 6.51. The van der Waals surface area contributed by atoms with E-state index >= 15 is 0 Å². The summed E-state index contributed by atoms with van der Waals surface area (Å²) in [7, 11) is 1.92. The number of rotatable bonds is 5. The van der Waals surface area contributed by atoms with Crippen molar-refractivity contribution in [1.29, 1.82) is 0 Å². The van der Waals surface area contributed by atoms with Gasteiger partial charge in [0.2, 0.25) is 0 Å². The molecule has 0 amide bonds. The lowest BCUT2D eigenvalue weighted by molar-refractivity contribution is 0.238. The average molecular weight is 293 g/mol. The van der Waals surface area contributed by atoms with Crippen LogP contribution >= 0.6 is 11.6 Å². The molecule has 0 aliphatic carbocycles. The molecule has 2 aromatic rings. The second-order valence-electron chi connectivity index (χ2n) is 4.78. The monoisotopic (exact) mass is 292 g/mol. The summed E-state index contributed by atoms with van der Waals surface area (Å²) in [5.74, 6) is -0.200. The lowest BCUT2D eigenvalue weighted by Crippen LogP contribution is -2.30. The van der Waals surface area contributed by atoms with Crippen LogP contribution < -0.4 is 5.73 Å². The molecule has 2 nitrogen and oxygen atoms in total. The molecule has 20 heavy (non-hydrogen) atoms. The molecule has 0 saturated heterocycles. The smallest absolute Gasteiger partial charge is 0.127 e. The Morgan fingerprint density at radius 3 is 2.45 bits per heavy atom. The first kappa shape index (κ1) is 15.0. The fraction of sp³-hybridized carbons (Fsp3) is 0.250. The molecule has 2 aromatic carbocycles. The van der Waals surface area contributed by atoms with Gasteiger partial charge < -0.3 is 5.73 Å². The number of halogens is 2. The molecule has 0 fully saturated rings. The molecule has 0 aliphatic heterocycles. The Balaban J connectivity index is 2.20. The van der Waals surface area contributed by atoms with Gasteiger partial charge in [-0.3, -0.25) is 4.90 Å². The van der Waals surface area contributed by atoms with Crippen molar-refractivity contribution in [2.75, 3.05) is 13.6 Å². The first-order chi connectivity index (χ1) is 9.63. The van der Waals surface area contributed by atoms with E-state index in [2.05, 4.69) is 0 Å². The van der Waals surface area contributed by atoms with E-state index in [-0.39, 0.29) is 11.9 Å². The Labute approximate surface area is 124 Å². The maximum atomic E-state index is 13.7. The molecular formula is C16H18ClFN2. The van der Waals surface area contributed by atoms with Crippen LogP contribution in [0.2, 0.25) is 5.02 Å². The Hall–Kier alpha value is -1.42. The second-order valence-corrected chi connectivity index (χ2v) is 5.19. The van der Waals surface area contributed by atoms with Crippen LogP contribution in [0.4, 0.5) is 4.39 Å². The van der Waals surface area contributed by atoms with Crippen LogP contribution in [0.1, 0.15) is 17.2 Å². The number of benzene rings is 2. The topological polar surface area (TPSA) is 29.3 Å². The molecule has 0 aromatic heterocycles. The van der Waals surface area contributed by atoms with Gasteiger partial charge in [0.25, 0.3) is 0 Å². The van der Waals surface area contributed by atoms with Gasteiger partial charge in [-0.25, -0.2) is 4.39 Å². The van der Waals surface area contributed by atoms with Crippen LogP contribution in [-0.4, -0.2) is 18.5 Å². The number of nitrogens with two attached hydrogens (primary N) is 1. The molecule has 2 N–H and O–H groups in total. The largest absolute Gasteiger partial charge is 0.329 e. The van der Waals surface area contributed by atoms with E-state index in [1.165, 1.54) is 6.07 Å². The molecule has 4 heteroatoms. The summed E-state index contributed by atoms with van der Waals surface area (Å²) >= 11 is 6.22. The van der Waals surface area contributed by atoms with Gasteiger partial charge in [0, 0.05) is 29.7 Å². The van der Waals surface area contributed by atoms with Gasteiger partial charge in [0.1, 0.15) is 5.82 Å². The van der Waals surface area contributed by atoms with Gasteiger partial charge >= 0.3 is 0 Å². The van der Waals surface area contributed by atoms with Crippen LogP contribution in [0.3, 0.4) is 0 Å². The predicted octanol–water partition coefficient (Wildman–Crippen LogP) is 3.61. The molecule has 0 saturated carbocycles. The minimum Gasteiger partial charge on any atom is -0.329 e. The van der Waals surface area contributed by atoms with E-state index < -0.39 is 0 Å². The molecule has 1 atom stereocenters. The minimum absolute atomic E-state index is 0.0386. The Morgan fingerprint density at radius 1 is 1.15 bits per heavy atom. The van der Waals surface area contributed by atoms with E-state index in [1.54, 1.807) is 12.1 Å². The summed E-state index contributed by atoms with van der Waals surface area (Å²) < 4.78 is 13.7. The van der Waals surface area contributed by atoms with Crippen LogP contribution in [0, 0.1) is 5.82 Å². The van der Waals surface area contributed by atoms with Crippen molar-refractivity contribution < 1.29 is 4.39 Å². The Bertz CT molecular complexity index is 574. The van der Waals surface area contributed by atoms with Crippen LogP contribution in [0.15, 0.2) is 48.5 Å². The summed E-state index contributed by atoms with van der Waals surface area (Å²) in [6, 6.07) is 14.4. The minimum atomic E-state index is -0.200. The third-order valence-corrected chi connectivity index (χ3v) is 3.74. The maximum Gasteiger partial charge on any atom is 0.127 e. The summed E-state index contributed by atoms with van der Waals surface area (Å²) in [6.45, 7) is 0.911. The van der Waals surface area contributed by atoms with Crippen molar-refractivity contribution in [2.45, 2.75) is 12.6 Å². The van der Waals surface area contributed by atoms with Crippen LogP contribution in [-0.2, 0) is 6.54 Å². The first-order valence-corrected chi connectivity index (χ1v) is 6.89. The van der Waals surface area contributed by atoms with Crippen molar-refractivity contribution in [2.24, 2.45) is 5.73 Å². The molecule has 0 bridgehead atoms. The number of likely N-dealkylation sites (N-methyl/N-ethyl adjacent to an activating group) is 1. The number of hydrogen-bond acceptors (Lipinski definition) is 2. The van der Waals surface area contributed by atoms with E-state index in [1.807, 2.05) is 42.3 Å². The van der Waals surface area contributed by atoms with Crippen molar-refractivity contribution in [3.8, 4) is 0 Å². The summed E-state index contributed by atoms with van der Waals surface area (Å²) in [5, 5.41) is 0.684. The SMILES string of the molecule is CN(Cc1ccccc1F)C(CN)c1ccccc1Cl. The fourth-order valence-corrected chi connectivity index (χ4v) is 2.56. The Morgan fingerprint density at radius 2 is 1.80 bits per heavy atom. The predicted molar refractivity (Wildman–Crippen MR) is 81.1 cm³/mol. The van der Waals surface area contributed by atoms with Crippen molar-refractivity contribution in [1.82, 2.24) is 4.90 Å². The summed E-state index contributed by atoms with van der Waals surface area (Å²) in [6.07, 6.45) is 0. The second kappa shape index (κ2) is 6.84. The van der Waals surface area contributed by atoms with Gasteiger partial charge in [-0.05, 0) is 24.7 Å².